The number of likely N-dealkylation sites (tertiary alicyclic amines) is 1. The van der Waals surface area contributed by atoms with Gasteiger partial charge in [-0.15, -0.1) is 0 Å². The first-order valence-electron chi connectivity index (χ1n) is 8.33. The second kappa shape index (κ2) is 7.41. The van der Waals surface area contributed by atoms with Gasteiger partial charge < -0.3 is 10.2 Å². The van der Waals surface area contributed by atoms with E-state index in [-0.39, 0.29) is 11.9 Å². The van der Waals surface area contributed by atoms with Crippen molar-refractivity contribution in [2.24, 2.45) is 0 Å². The van der Waals surface area contributed by atoms with Crippen molar-refractivity contribution in [2.75, 3.05) is 26.7 Å². The molecule has 4 heteroatoms. The summed E-state index contributed by atoms with van der Waals surface area (Å²) in [5.74, 6) is 0.285. The highest BCUT2D eigenvalue weighted by Crippen LogP contribution is 2.26. The monoisotopic (exact) mass is 281 g/mol. The van der Waals surface area contributed by atoms with Crippen molar-refractivity contribution >= 4 is 5.91 Å². The minimum atomic E-state index is -0.0526. The fourth-order valence-electron chi connectivity index (χ4n) is 2.99. The molecule has 1 saturated carbocycles. The molecule has 1 aliphatic carbocycles. The SMILES string of the molecule is CC(NCC(C)N(C)C1CC1)C(=O)N1CCCCCC1. The number of carbonyl (C=O) groups excluding carboxylic acids is 1. The largest absolute Gasteiger partial charge is 0.341 e. The Morgan fingerprint density at radius 2 is 1.80 bits per heavy atom. The minimum absolute atomic E-state index is 0.0526. The summed E-state index contributed by atoms with van der Waals surface area (Å²) in [5.41, 5.74) is 0. The second-order valence-electron chi connectivity index (χ2n) is 6.62. The van der Waals surface area contributed by atoms with Crippen molar-refractivity contribution in [1.82, 2.24) is 15.1 Å². The lowest BCUT2D eigenvalue weighted by molar-refractivity contribution is -0.133. The van der Waals surface area contributed by atoms with Gasteiger partial charge in [-0.1, -0.05) is 12.8 Å². The van der Waals surface area contributed by atoms with Gasteiger partial charge in [0.25, 0.3) is 0 Å². The molecule has 0 aromatic heterocycles. The van der Waals surface area contributed by atoms with Crippen LogP contribution in [0.15, 0.2) is 0 Å². The Morgan fingerprint density at radius 1 is 1.20 bits per heavy atom. The molecule has 0 aromatic carbocycles. The van der Waals surface area contributed by atoms with E-state index >= 15 is 0 Å². The van der Waals surface area contributed by atoms with Crippen LogP contribution >= 0.6 is 0 Å². The van der Waals surface area contributed by atoms with Crippen molar-refractivity contribution in [3.8, 4) is 0 Å². The van der Waals surface area contributed by atoms with E-state index in [1.54, 1.807) is 0 Å². The number of hydrogen-bond acceptors (Lipinski definition) is 3. The first kappa shape index (κ1) is 15.8. The zero-order valence-corrected chi connectivity index (χ0v) is 13.4. The first-order chi connectivity index (χ1) is 9.59. The van der Waals surface area contributed by atoms with Gasteiger partial charge in [-0.25, -0.2) is 0 Å². The average molecular weight is 281 g/mol. The molecule has 1 amide bonds. The summed E-state index contributed by atoms with van der Waals surface area (Å²) in [7, 11) is 2.20. The number of nitrogens with zero attached hydrogens (tertiary/aromatic N) is 2. The molecule has 2 atom stereocenters. The number of rotatable bonds is 6. The number of amides is 1. The van der Waals surface area contributed by atoms with Gasteiger partial charge in [0.15, 0.2) is 0 Å². The van der Waals surface area contributed by atoms with E-state index in [1.165, 1.54) is 38.5 Å². The predicted octanol–water partition coefficient (Wildman–Crippen LogP) is 1.85. The molecule has 0 bridgehead atoms. The van der Waals surface area contributed by atoms with Crippen molar-refractivity contribution in [3.63, 3.8) is 0 Å². The van der Waals surface area contributed by atoms with E-state index in [9.17, 15) is 4.79 Å². The molecule has 20 heavy (non-hydrogen) atoms. The summed E-state index contributed by atoms with van der Waals surface area (Å²) in [6, 6.07) is 1.23. The molecule has 1 N–H and O–H groups in total. The van der Waals surface area contributed by atoms with Crippen LogP contribution in [-0.2, 0) is 4.79 Å². The van der Waals surface area contributed by atoms with E-state index in [4.69, 9.17) is 0 Å². The summed E-state index contributed by atoms with van der Waals surface area (Å²) in [5, 5.41) is 3.43. The lowest BCUT2D eigenvalue weighted by atomic mass is 10.2. The maximum Gasteiger partial charge on any atom is 0.239 e. The van der Waals surface area contributed by atoms with Crippen molar-refractivity contribution < 1.29 is 4.79 Å². The highest BCUT2D eigenvalue weighted by molar-refractivity contribution is 5.81. The van der Waals surface area contributed by atoms with Gasteiger partial charge in [-0.3, -0.25) is 9.69 Å². The third kappa shape index (κ3) is 4.45. The molecule has 1 aliphatic heterocycles. The third-order valence-electron chi connectivity index (χ3n) is 4.83. The quantitative estimate of drug-likeness (QED) is 0.807. The molecule has 1 saturated heterocycles. The van der Waals surface area contributed by atoms with Gasteiger partial charge >= 0.3 is 0 Å². The molecule has 1 heterocycles. The molecule has 116 valence electrons. The maximum atomic E-state index is 12.4. The van der Waals surface area contributed by atoms with Crippen LogP contribution in [0.1, 0.15) is 52.4 Å². The van der Waals surface area contributed by atoms with Crippen LogP contribution in [0, 0.1) is 0 Å². The second-order valence-corrected chi connectivity index (χ2v) is 6.62. The van der Waals surface area contributed by atoms with Crippen LogP contribution < -0.4 is 5.32 Å². The molecule has 2 rings (SSSR count). The highest BCUT2D eigenvalue weighted by Gasteiger charge is 2.29. The lowest BCUT2D eigenvalue weighted by Crippen LogP contribution is -2.49. The Kier molecular flexibility index (Phi) is 5.85. The van der Waals surface area contributed by atoms with Crippen LogP contribution in [-0.4, -0.2) is 60.5 Å². The summed E-state index contributed by atoms with van der Waals surface area (Å²) < 4.78 is 0. The smallest absolute Gasteiger partial charge is 0.239 e. The van der Waals surface area contributed by atoms with Gasteiger partial charge in [0, 0.05) is 31.7 Å². The van der Waals surface area contributed by atoms with Gasteiger partial charge in [-0.05, 0) is 46.6 Å². The zero-order chi connectivity index (χ0) is 14.5. The zero-order valence-electron chi connectivity index (χ0n) is 13.4. The van der Waals surface area contributed by atoms with Gasteiger partial charge in [0.1, 0.15) is 0 Å². The molecule has 0 radical (unpaired) electrons. The van der Waals surface area contributed by atoms with Gasteiger partial charge in [0.05, 0.1) is 6.04 Å². The Hall–Kier alpha value is -0.610. The first-order valence-corrected chi connectivity index (χ1v) is 8.33. The van der Waals surface area contributed by atoms with Crippen LogP contribution in [0.3, 0.4) is 0 Å². The van der Waals surface area contributed by atoms with Gasteiger partial charge in [-0.2, -0.15) is 0 Å². The minimum Gasteiger partial charge on any atom is -0.341 e. The molecular weight excluding hydrogens is 250 g/mol. The fourth-order valence-corrected chi connectivity index (χ4v) is 2.99. The summed E-state index contributed by atoms with van der Waals surface area (Å²) >= 11 is 0. The van der Waals surface area contributed by atoms with Crippen molar-refractivity contribution in [2.45, 2.75) is 70.5 Å². The molecule has 4 nitrogen and oxygen atoms in total. The van der Waals surface area contributed by atoms with E-state index in [0.717, 1.165) is 25.7 Å². The normalized spacial score (nSPS) is 23.5. The fraction of sp³-hybridized carbons (Fsp3) is 0.938. The van der Waals surface area contributed by atoms with Crippen LogP contribution in [0.4, 0.5) is 0 Å². The summed E-state index contributed by atoms with van der Waals surface area (Å²) in [6.07, 6.45) is 7.55. The van der Waals surface area contributed by atoms with Crippen molar-refractivity contribution in [1.29, 1.82) is 0 Å². The number of carbonyl (C=O) groups is 1. The van der Waals surface area contributed by atoms with Crippen molar-refractivity contribution in [3.05, 3.63) is 0 Å². The predicted molar refractivity (Wildman–Crippen MR) is 82.8 cm³/mol. The Labute approximate surface area is 123 Å². The van der Waals surface area contributed by atoms with E-state index in [0.29, 0.717) is 6.04 Å². The van der Waals surface area contributed by atoms with Crippen LogP contribution in [0.5, 0.6) is 0 Å². The highest BCUT2D eigenvalue weighted by atomic mass is 16.2. The molecular formula is C16H31N3O. The topological polar surface area (TPSA) is 35.6 Å². The molecule has 0 spiro atoms. The molecule has 2 unspecified atom stereocenters. The van der Waals surface area contributed by atoms with E-state index < -0.39 is 0 Å². The number of likely N-dealkylation sites (N-methyl/N-ethyl adjacent to an activating group) is 1. The third-order valence-corrected chi connectivity index (χ3v) is 4.83. The summed E-state index contributed by atoms with van der Waals surface area (Å²) in [6.45, 7) is 7.05. The number of nitrogens with one attached hydrogen (secondary N) is 1. The molecule has 2 aliphatic rings. The van der Waals surface area contributed by atoms with Gasteiger partial charge in [0.2, 0.25) is 5.91 Å². The van der Waals surface area contributed by atoms with E-state index in [2.05, 4.69) is 29.1 Å². The maximum absolute atomic E-state index is 12.4. The van der Waals surface area contributed by atoms with E-state index in [1.807, 2.05) is 6.92 Å². The molecule has 0 aromatic rings. The Morgan fingerprint density at radius 3 is 2.35 bits per heavy atom. The van der Waals surface area contributed by atoms with Crippen LogP contribution in [0.25, 0.3) is 0 Å². The summed E-state index contributed by atoms with van der Waals surface area (Å²) in [4.78, 5) is 16.9. The number of hydrogen-bond donors (Lipinski definition) is 1. The lowest BCUT2D eigenvalue weighted by Gasteiger charge is -2.28. The Bertz CT molecular complexity index is 309. The van der Waals surface area contributed by atoms with Crippen LogP contribution in [0.2, 0.25) is 0 Å². The molecule has 2 fully saturated rings. The standard InChI is InChI=1S/C16H31N3O/c1-13(18(3)15-8-9-15)12-17-14(2)16(20)19-10-6-4-5-7-11-19/h13-15,17H,4-12H2,1-3H3. The Balaban J connectivity index is 1.72. The average Bonchev–Trinajstić information content (AvgIpc) is 3.28.